The predicted molar refractivity (Wildman–Crippen MR) is 105 cm³/mol. The number of benzene rings is 1. The fourth-order valence-corrected chi connectivity index (χ4v) is 2.21. The molecule has 2 aromatic rings. The Bertz CT molecular complexity index is 701. The molecule has 1 unspecified atom stereocenters. The first-order chi connectivity index (χ1) is 12.7. The number of aromatic nitrogens is 1. The van der Waals surface area contributed by atoms with Gasteiger partial charge in [-0.15, -0.1) is 0 Å². The van der Waals surface area contributed by atoms with Gasteiger partial charge < -0.3 is 20.1 Å². The third-order valence-corrected chi connectivity index (χ3v) is 3.84. The molecule has 2 rings (SSSR count). The standard InChI is InChI=1S/C20H28N4O2/c1-5-15(3)24-20(21-4)23-14-16-11-12-19(22-13-16)26-18-10-8-7-9-17(18)25-6-2/h7-13,15H,5-6,14H2,1-4H3,(H2,21,23,24). The summed E-state index contributed by atoms with van der Waals surface area (Å²) in [4.78, 5) is 8.61. The second-order valence-corrected chi connectivity index (χ2v) is 5.87. The Hall–Kier alpha value is -2.76. The SMILES string of the molecule is CCOc1ccccc1Oc1ccc(CNC(=NC)NC(C)CC)cn1. The van der Waals surface area contributed by atoms with Crippen LogP contribution in [0.25, 0.3) is 0 Å². The van der Waals surface area contributed by atoms with Gasteiger partial charge in [-0.2, -0.15) is 0 Å². The molecule has 0 radical (unpaired) electrons. The molecule has 0 aliphatic heterocycles. The van der Waals surface area contributed by atoms with Crippen molar-refractivity contribution in [2.24, 2.45) is 4.99 Å². The summed E-state index contributed by atoms with van der Waals surface area (Å²) >= 11 is 0. The van der Waals surface area contributed by atoms with Gasteiger partial charge in [0, 0.05) is 31.9 Å². The Morgan fingerprint density at radius 2 is 1.92 bits per heavy atom. The van der Waals surface area contributed by atoms with Crippen LogP contribution in [0.3, 0.4) is 0 Å². The van der Waals surface area contributed by atoms with Crippen LogP contribution in [0.5, 0.6) is 17.4 Å². The maximum atomic E-state index is 5.84. The van der Waals surface area contributed by atoms with Gasteiger partial charge in [-0.25, -0.2) is 4.98 Å². The Morgan fingerprint density at radius 3 is 2.54 bits per heavy atom. The molecule has 2 N–H and O–H groups in total. The molecule has 6 nitrogen and oxygen atoms in total. The molecular formula is C20H28N4O2. The second kappa shape index (κ2) is 10.3. The maximum absolute atomic E-state index is 5.84. The lowest BCUT2D eigenvalue weighted by molar-refractivity contribution is 0.319. The number of nitrogens with one attached hydrogen (secondary N) is 2. The third-order valence-electron chi connectivity index (χ3n) is 3.84. The number of aliphatic imine (C=N–C) groups is 1. The maximum Gasteiger partial charge on any atom is 0.219 e. The third kappa shape index (κ3) is 5.95. The van der Waals surface area contributed by atoms with Gasteiger partial charge in [-0.1, -0.05) is 25.1 Å². The van der Waals surface area contributed by atoms with Gasteiger partial charge in [-0.3, -0.25) is 4.99 Å². The molecule has 1 heterocycles. The number of rotatable bonds is 8. The van der Waals surface area contributed by atoms with Crippen molar-refractivity contribution in [2.75, 3.05) is 13.7 Å². The van der Waals surface area contributed by atoms with Crippen LogP contribution in [0, 0.1) is 0 Å². The van der Waals surface area contributed by atoms with E-state index < -0.39 is 0 Å². The summed E-state index contributed by atoms with van der Waals surface area (Å²) < 4.78 is 11.4. The number of hydrogen-bond donors (Lipinski definition) is 2. The molecule has 0 aliphatic rings. The fraction of sp³-hybridized carbons (Fsp3) is 0.400. The van der Waals surface area contributed by atoms with E-state index in [4.69, 9.17) is 9.47 Å². The molecule has 0 bridgehead atoms. The summed E-state index contributed by atoms with van der Waals surface area (Å²) in [5, 5.41) is 6.61. The molecule has 0 spiro atoms. The highest BCUT2D eigenvalue weighted by atomic mass is 16.5. The van der Waals surface area contributed by atoms with Crippen molar-refractivity contribution in [3.05, 3.63) is 48.2 Å². The molecule has 0 amide bonds. The molecule has 1 aromatic heterocycles. The van der Waals surface area contributed by atoms with Gasteiger partial charge in [0.25, 0.3) is 0 Å². The van der Waals surface area contributed by atoms with Crippen molar-refractivity contribution < 1.29 is 9.47 Å². The van der Waals surface area contributed by atoms with E-state index in [0.29, 0.717) is 36.6 Å². The van der Waals surface area contributed by atoms with Crippen molar-refractivity contribution in [3.63, 3.8) is 0 Å². The first-order valence-electron chi connectivity index (χ1n) is 8.98. The van der Waals surface area contributed by atoms with Crippen LogP contribution in [-0.4, -0.2) is 30.6 Å². The summed E-state index contributed by atoms with van der Waals surface area (Å²) in [5.41, 5.74) is 1.04. The summed E-state index contributed by atoms with van der Waals surface area (Å²) in [5.74, 6) is 2.68. The highest BCUT2D eigenvalue weighted by Gasteiger charge is 2.07. The van der Waals surface area contributed by atoms with E-state index >= 15 is 0 Å². The van der Waals surface area contributed by atoms with Gasteiger partial charge in [0.05, 0.1) is 6.61 Å². The Morgan fingerprint density at radius 1 is 1.15 bits per heavy atom. The normalized spacial score (nSPS) is 12.4. The lowest BCUT2D eigenvalue weighted by Gasteiger charge is -2.16. The van der Waals surface area contributed by atoms with Crippen LogP contribution in [0.1, 0.15) is 32.8 Å². The molecule has 26 heavy (non-hydrogen) atoms. The quantitative estimate of drug-likeness (QED) is 0.557. The molecule has 140 valence electrons. The summed E-state index contributed by atoms with van der Waals surface area (Å²) in [6, 6.07) is 11.8. The molecule has 0 aliphatic carbocycles. The van der Waals surface area contributed by atoms with Crippen LogP contribution >= 0.6 is 0 Å². The summed E-state index contributed by atoms with van der Waals surface area (Å²) in [7, 11) is 1.77. The van der Waals surface area contributed by atoms with E-state index in [1.54, 1.807) is 13.2 Å². The van der Waals surface area contributed by atoms with Gasteiger partial charge in [0.2, 0.25) is 5.88 Å². The topological polar surface area (TPSA) is 67.8 Å². The van der Waals surface area contributed by atoms with Gasteiger partial charge in [0.15, 0.2) is 17.5 Å². The lowest BCUT2D eigenvalue weighted by atomic mass is 10.2. The Labute approximate surface area is 155 Å². The minimum atomic E-state index is 0.375. The Kier molecular flexibility index (Phi) is 7.74. The van der Waals surface area contributed by atoms with Crippen molar-refractivity contribution >= 4 is 5.96 Å². The summed E-state index contributed by atoms with van der Waals surface area (Å²) in [6.45, 7) is 7.43. The molecule has 0 saturated carbocycles. The van der Waals surface area contributed by atoms with E-state index in [1.165, 1.54) is 0 Å². The molecule has 1 aromatic carbocycles. The van der Waals surface area contributed by atoms with E-state index in [0.717, 1.165) is 17.9 Å². The van der Waals surface area contributed by atoms with Crippen molar-refractivity contribution in [1.29, 1.82) is 0 Å². The van der Waals surface area contributed by atoms with E-state index in [1.807, 2.05) is 43.3 Å². The molecule has 0 saturated heterocycles. The minimum absolute atomic E-state index is 0.375. The molecule has 1 atom stereocenters. The zero-order valence-corrected chi connectivity index (χ0v) is 16.0. The van der Waals surface area contributed by atoms with Gasteiger partial charge in [-0.05, 0) is 38.0 Å². The number of ether oxygens (including phenoxy) is 2. The average Bonchev–Trinajstić information content (AvgIpc) is 2.67. The highest BCUT2D eigenvalue weighted by molar-refractivity contribution is 5.79. The minimum Gasteiger partial charge on any atom is -0.490 e. The number of nitrogens with zero attached hydrogens (tertiary/aromatic N) is 2. The molecule has 6 heteroatoms. The Balaban J connectivity index is 1.94. The van der Waals surface area contributed by atoms with Crippen LogP contribution in [0.2, 0.25) is 0 Å². The van der Waals surface area contributed by atoms with Crippen LogP contribution in [0.15, 0.2) is 47.6 Å². The number of pyridine rings is 1. The van der Waals surface area contributed by atoms with Crippen molar-refractivity contribution in [2.45, 2.75) is 39.8 Å². The van der Waals surface area contributed by atoms with Crippen molar-refractivity contribution in [1.82, 2.24) is 15.6 Å². The first kappa shape index (κ1) is 19.6. The second-order valence-electron chi connectivity index (χ2n) is 5.87. The van der Waals surface area contributed by atoms with Crippen LogP contribution < -0.4 is 20.1 Å². The van der Waals surface area contributed by atoms with Gasteiger partial charge >= 0.3 is 0 Å². The number of guanidine groups is 1. The number of hydrogen-bond acceptors (Lipinski definition) is 4. The molecule has 0 fully saturated rings. The smallest absolute Gasteiger partial charge is 0.219 e. The average molecular weight is 356 g/mol. The highest BCUT2D eigenvalue weighted by Crippen LogP contribution is 2.30. The van der Waals surface area contributed by atoms with E-state index in [-0.39, 0.29) is 0 Å². The van der Waals surface area contributed by atoms with E-state index in [2.05, 4.69) is 34.5 Å². The zero-order valence-electron chi connectivity index (χ0n) is 16.0. The zero-order chi connectivity index (χ0) is 18.8. The monoisotopic (exact) mass is 356 g/mol. The first-order valence-corrected chi connectivity index (χ1v) is 8.98. The molecular weight excluding hydrogens is 328 g/mol. The fourth-order valence-electron chi connectivity index (χ4n) is 2.21. The van der Waals surface area contributed by atoms with E-state index in [9.17, 15) is 0 Å². The number of para-hydroxylation sites is 2. The van der Waals surface area contributed by atoms with Crippen LogP contribution in [-0.2, 0) is 6.54 Å². The largest absolute Gasteiger partial charge is 0.490 e. The van der Waals surface area contributed by atoms with Crippen molar-refractivity contribution in [3.8, 4) is 17.4 Å². The van der Waals surface area contributed by atoms with Crippen LogP contribution in [0.4, 0.5) is 0 Å². The van der Waals surface area contributed by atoms with Gasteiger partial charge in [0.1, 0.15) is 0 Å². The predicted octanol–water partition coefficient (Wildman–Crippen LogP) is 3.74. The summed E-state index contributed by atoms with van der Waals surface area (Å²) in [6.07, 6.45) is 2.83. The lowest BCUT2D eigenvalue weighted by Crippen LogP contribution is -2.41.